The van der Waals surface area contributed by atoms with E-state index in [4.69, 9.17) is 0 Å². The van der Waals surface area contributed by atoms with Gasteiger partial charge in [0.15, 0.2) is 0 Å². The molecule has 2 aliphatic rings. The van der Waals surface area contributed by atoms with E-state index in [1.54, 1.807) is 0 Å². The second-order valence-corrected chi connectivity index (χ2v) is 3.06. The molecule has 0 aliphatic carbocycles. The minimum absolute atomic E-state index is 0.988. The zero-order valence-corrected chi connectivity index (χ0v) is 6.71. The molecular weight excluding hydrogens is 136 g/mol. The molecule has 0 saturated carbocycles. The lowest BCUT2D eigenvalue weighted by atomic mass is 10.3. The van der Waals surface area contributed by atoms with E-state index in [2.05, 4.69) is 28.4 Å². The molecule has 1 fully saturated rings. The predicted molar refractivity (Wildman–Crippen MR) is 46.0 cm³/mol. The summed E-state index contributed by atoms with van der Waals surface area (Å²) in [5.74, 6) is 1.31. The Kier molecular flexibility index (Phi) is 1.84. The third kappa shape index (κ3) is 1.39. The Morgan fingerprint density at radius 3 is 2.73 bits per heavy atom. The van der Waals surface area contributed by atoms with E-state index in [0.29, 0.717) is 0 Å². The summed E-state index contributed by atoms with van der Waals surface area (Å²) in [5.41, 5.74) is 0. The van der Waals surface area contributed by atoms with Crippen LogP contribution >= 0.6 is 0 Å². The fourth-order valence-corrected chi connectivity index (χ4v) is 1.62. The molecule has 1 saturated heterocycles. The van der Waals surface area contributed by atoms with E-state index in [0.717, 1.165) is 6.54 Å². The molecule has 0 atom stereocenters. The van der Waals surface area contributed by atoms with Crippen molar-refractivity contribution in [3.63, 3.8) is 0 Å². The van der Waals surface area contributed by atoms with Crippen molar-refractivity contribution in [3.05, 3.63) is 24.0 Å². The lowest BCUT2D eigenvalue weighted by molar-refractivity contribution is 0.393. The fourth-order valence-electron chi connectivity index (χ4n) is 1.62. The van der Waals surface area contributed by atoms with E-state index < -0.39 is 0 Å². The maximum Gasteiger partial charge on any atom is 0.101 e. The fraction of sp³-hybridized carbons (Fsp3) is 0.556. The molecule has 2 heterocycles. The van der Waals surface area contributed by atoms with E-state index in [9.17, 15) is 0 Å². The van der Waals surface area contributed by atoms with Crippen molar-refractivity contribution in [2.24, 2.45) is 0 Å². The van der Waals surface area contributed by atoms with Gasteiger partial charge in [-0.3, -0.25) is 0 Å². The van der Waals surface area contributed by atoms with Gasteiger partial charge < -0.3 is 10.2 Å². The highest BCUT2D eigenvalue weighted by Crippen LogP contribution is 2.13. The van der Waals surface area contributed by atoms with Crippen LogP contribution in [0.4, 0.5) is 0 Å². The molecule has 2 heteroatoms. The highest BCUT2D eigenvalue weighted by molar-refractivity contribution is 5.16. The van der Waals surface area contributed by atoms with E-state index in [-0.39, 0.29) is 0 Å². The van der Waals surface area contributed by atoms with Crippen LogP contribution in [0, 0.1) is 0 Å². The number of likely N-dealkylation sites (tertiary alicyclic amines) is 1. The average Bonchev–Trinajstić information content (AvgIpc) is 2.58. The van der Waals surface area contributed by atoms with Crippen LogP contribution in [0.25, 0.3) is 0 Å². The molecule has 0 radical (unpaired) electrons. The molecular formula is C9H14N2. The van der Waals surface area contributed by atoms with E-state index in [1.807, 2.05) is 0 Å². The lowest BCUT2D eigenvalue weighted by Gasteiger charge is -2.23. The number of nitrogens with zero attached hydrogens (tertiary/aromatic N) is 1. The van der Waals surface area contributed by atoms with Gasteiger partial charge in [-0.15, -0.1) is 0 Å². The van der Waals surface area contributed by atoms with Gasteiger partial charge in [0.05, 0.1) is 0 Å². The first-order valence-electron chi connectivity index (χ1n) is 4.32. The molecule has 0 amide bonds. The molecule has 0 unspecified atom stereocenters. The Morgan fingerprint density at radius 1 is 1.27 bits per heavy atom. The van der Waals surface area contributed by atoms with Gasteiger partial charge in [-0.25, -0.2) is 0 Å². The van der Waals surface area contributed by atoms with Gasteiger partial charge in [0.1, 0.15) is 5.82 Å². The van der Waals surface area contributed by atoms with E-state index in [1.165, 1.54) is 31.8 Å². The molecule has 1 N–H and O–H groups in total. The maximum atomic E-state index is 3.36. The van der Waals surface area contributed by atoms with Crippen LogP contribution in [0.15, 0.2) is 24.0 Å². The predicted octanol–water partition coefficient (Wildman–Crippen LogP) is 1.08. The zero-order valence-electron chi connectivity index (χ0n) is 6.71. The summed E-state index contributed by atoms with van der Waals surface area (Å²) in [6.45, 7) is 3.45. The topological polar surface area (TPSA) is 15.3 Å². The van der Waals surface area contributed by atoms with Crippen molar-refractivity contribution in [3.8, 4) is 0 Å². The highest BCUT2D eigenvalue weighted by atomic mass is 15.2. The third-order valence-corrected chi connectivity index (χ3v) is 2.24. The van der Waals surface area contributed by atoms with Crippen molar-refractivity contribution < 1.29 is 0 Å². The molecule has 2 rings (SSSR count). The molecule has 2 nitrogen and oxygen atoms in total. The largest absolute Gasteiger partial charge is 0.368 e. The highest BCUT2D eigenvalue weighted by Gasteiger charge is 2.13. The summed E-state index contributed by atoms with van der Waals surface area (Å²) in [6, 6.07) is 0. The van der Waals surface area contributed by atoms with Crippen molar-refractivity contribution in [1.82, 2.24) is 10.2 Å². The lowest BCUT2D eigenvalue weighted by Crippen LogP contribution is -2.30. The average molecular weight is 150 g/mol. The van der Waals surface area contributed by atoms with Crippen LogP contribution in [-0.4, -0.2) is 24.5 Å². The first-order chi connectivity index (χ1) is 5.47. The quantitative estimate of drug-likeness (QED) is 0.601. The molecule has 0 aromatic rings. The van der Waals surface area contributed by atoms with Gasteiger partial charge in [-0.2, -0.15) is 0 Å². The van der Waals surface area contributed by atoms with Crippen molar-refractivity contribution in [2.45, 2.75) is 12.8 Å². The number of hydrogen-bond acceptors (Lipinski definition) is 2. The molecule has 0 aromatic carbocycles. The Balaban J connectivity index is 2.02. The SMILES string of the molecule is C1=CCNC(N2CCCC2)=C1. The molecule has 2 aliphatic heterocycles. The molecule has 0 aromatic heterocycles. The summed E-state index contributed by atoms with van der Waals surface area (Å²) in [7, 11) is 0. The molecule has 0 spiro atoms. The molecule has 11 heavy (non-hydrogen) atoms. The minimum Gasteiger partial charge on any atom is -0.368 e. The molecule has 0 bridgehead atoms. The van der Waals surface area contributed by atoms with E-state index >= 15 is 0 Å². The van der Waals surface area contributed by atoms with Crippen LogP contribution in [0.1, 0.15) is 12.8 Å². The monoisotopic (exact) mass is 150 g/mol. The first kappa shape index (κ1) is 6.77. The Hall–Kier alpha value is -0.920. The van der Waals surface area contributed by atoms with Gasteiger partial charge in [-0.1, -0.05) is 12.2 Å². The molecule has 60 valence electrons. The van der Waals surface area contributed by atoms with Gasteiger partial charge in [0.25, 0.3) is 0 Å². The first-order valence-corrected chi connectivity index (χ1v) is 4.32. The number of hydrogen-bond donors (Lipinski definition) is 1. The van der Waals surface area contributed by atoms with Gasteiger partial charge >= 0.3 is 0 Å². The Morgan fingerprint density at radius 2 is 2.09 bits per heavy atom. The number of dihydropyridines is 1. The summed E-state index contributed by atoms with van der Waals surface area (Å²) < 4.78 is 0. The Bertz CT molecular complexity index is 188. The normalized spacial score (nSPS) is 23.3. The second-order valence-electron chi connectivity index (χ2n) is 3.06. The van der Waals surface area contributed by atoms with Crippen molar-refractivity contribution in [1.29, 1.82) is 0 Å². The van der Waals surface area contributed by atoms with Gasteiger partial charge in [0.2, 0.25) is 0 Å². The number of rotatable bonds is 1. The zero-order chi connectivity index (χ0) is 7.52. The summed E-state index contributed by atoms with van der Waals surface area (Å²) in [5, 5.41) is 3.36. The minimum atomic E-state index is 0.988. The summed E-state index contributed by atoms with van der Waals surface area (Å²) in [4.78, 5) is 2.42. The smallest absolute Gasteiger partial charge is 0.101 e. The third-order valence-electron chi connectivity index (χ3n) is 2.24. The van der Waals surface area contributed by atoms with Crippen molar-refractivity contribution in [2.75, 3.05) is 19.6 Å². The summed E-state index contributed by atoms with van der Waals surface area (Å²) in [6.07, 6.45) is 9.13. The van der Waals surface area contributed by atoms with Crippen LogP contribution in [0.5, 0.6) is 0 Å². The van der Waals surface area contributed by atoms with Crippen LogP contribution in [0.2, 0.25) is 0 Å². The maximum absolute atomic E-state index is 3.36. The number of nitrogens with one attached hydrogen (secondary N) is 1. The van der Waals surface area contributed by atoms with Gasteiger partial charge in [0, 0.05) is 19.6 Å². The standard InChI is InChI=1S/C9H14N2/c1-2-6-10-9(5-1)11-7-3-4-8-11/h1-2,5,10H,3-4,6-8H2. The van der Waals surface area contributed by atoms with Crippen LogP contribution in [-0.2, 0) is 0 Å². The van der Waals surface area contributed by atoms with Crippen LogP contribution in [0.3, 0.4) is 0 Å². The van der Waals surface area contributed by atoms with Crippen molar-refractivity contribution >= 4 is 0 Å². The number of allylic oxidation sites excluding steroid dienone is 2. The summed E-state index contributed by atoms with van der Waals surface area (Å²) >= 11 is 0. The van der Waals surface area contributed by atoms with Crippen LogP contribution < -0.4 is 5.32 Å². The van der Waals surface area contributed by atoms with Gasteiger partial charge in [-0.05, 0) is 18.9 Å². The second kappa shape index (κ2) is 2.99. The Labute approximate surface area is 67.6 Å².